The molecule has 0 bridgehead atoms. The molecule has 3 N–H and O–H groups in total. The number of rotatable bonds is 2. The normalized spacial score (nSPS) is 21.8. The van der Waals surface area contributed by atoms with Gasteiger partial charge in [-0.1, -0.05) is 23.2 Å². The van der Waals surface area contributed by atoms with Gasteiger partial charge in [-0.25, -0.2) is 9.97 Å². The van der Waals surface area contributed by atoms with Gasteiger partial charge >= 0.3 is 0 Å². The van der Waals surface area contributed by atoms with Crippen LogP contribution in [0.3, 0.4) is 0 Å². The highest BCUT2D eigenvalue weighted by atomic mass is 35.5. The molecule has 2 fully saturated rings. The van der Waals surface area contributed by atoms with Crippen molar-refractivity contribution in [2.75, 3.05) is 24.6 Å². The molecule has 33 heavy (non-hydrogen) atoms. The number of ether oxygens (including phenoxy) is 1. The maximum Gasteiger partial charge on any atom is 0.211 e. The van der Waals surface area contributed by atoms with E-state index in [1.165, 1.54) is 6.07 Å². The number of nitrogens with two attached hydrogens (primary N) is 1. The molecule has 4 heterocycles. The molecule has 0 amide bonds. The molecular weight excluding hydrogens is 501 g/mol. The molecule has 0 unspecified atom stereocenters. The van der Waals surface area contributed by atoms with Gasteiger partial charge in [0.15, 0.2) is 0 Å². The van der Waals surface area contributed by atoms with Crippen LogP contribution in [0.2, 0.25) is 10.0 Å². The van der Waals surface area contributed by atoms with Crippen molar-refractivity contribution in [3.8, 4) is 16.9 Å². The van der Waals surface area contributed by atoms with Crippen LogP contribution in [0.5, 0.6) is 5.75 Å². The van der Waals surface area contributed by atoms with E-state index < -0.39 is 0 Å². The molecule has 2 atom stereocenters. The number of benzene rings is 1. The van der Waals surface area contributed by atoms with Crippen LogP contribution in [0, 0.1) is 12.3 Å². The number of imidazole rings is 1. The zero-order valence-corrected chi connectivity index (χ0v) is 22.0. The average Bonchev–Trinajstić information content (AvgIpc) is 3.35. The zero-order valence-electron chi connectivity index (χ0n) is 18.5. The van der Waals surface area contributed by atoms with Crippen LogP contribution in [0.15, 0.2) is 24.5 Å². The van der Waals surface area contributed by atoms with Gasteiger partial charge in [0.25, 0.3) is 0 Å². The molecule has 2 aromatic heterocycles. The summed E-state index contributed by atoms with van der Waals surface area (Å²) in [6.45, 7) is 6.45. The summed E-state index contributed by atoms with van der Waals surface area (Å²) in [7, 11) is 0. The maximum absolute atomic E-state index is 9.87. The smallest absolute Gasteiger partial charge is 0.211 e. The van der Waals surface area contributed by atoms with E-state index in [0.29, 0.717) is 5.56 Å². The number of phenolic OH excluding ortho intramolecular Hbond substituents is 1. The molecule has 180 valence electrons. The van der Waals surface area contributed by atoms with Crippen LogP contribution in [-0.2, 0) is 4.74 Å². The fourth-order valence-corrected chi connectivity index (χ4v) is 5.39. The number of aromatic nitrogens is 3. The topological polar surface area (TPSA) is 88.9 Å². The number of anilines is 1. The van der Waals surface area contributed by atoms with Crippen LogP contribution in [0.1, 0.15) is 25.5 Å². The maximum atomic E-state index is 9.87. The van der Waals surface area contributed by atoms with E-state index in [2.05, 4.69) is 16.8 Å². The lowest BCUT2D eigenvalue weighted by Gasteiger charge is -2.41. The Balaban J connectivity index is 0.00000153. The predicted molar refractivity (Wildman–Crippen MR) is 143 cm³/mol. The molecule has 2 aliphatic heterocycles. The van der Waals surface area contributed by atoms with Gasteiger partial charge in [0.2, 0.25) is 5.95 Å². The fraction of sp³-hybridized carbons (Fsp3) is 0.455. The molecule has 1 aromatic carbocycles. The van der Waals surface area contributed by atoms with E-state index in [-0.39, 0.29) is 60.3 Å². The lowest BCUT2D eigenvalue weighted by Crippen LogP contribution is -2.51. The van der Waals surface area contributed by atoms with Crippen LogP contribution in [-0.4, -0.2) is 51.3 Å². The van der Waals surface area contributed by atoms with Gasteiger partial charge in [-0.15, -0.1) is 0 Å². The Hall–Kier alpha value is -1.36. The Morgan fingerprint density at radius 1 is 1.18 bits per heavy atom. The lowest BCUT2D eigenvalue weighted by atomic mass is 9.73. The number of hydrogen-bond acceptors (Lipinski definition) is 6. The predicted octanol–water partition coefficient (Wildman–Crippen LogP) is 4.28. The second kappa shape index (κ2) is 9.71. The largest absolute Gasteiger partial charge is 0.506 e. The van der Waals surface area contributed by atoms with E-state index in [1.54, 1.807) is 12.3 Å². The fourth-order valence-electron chi connectivity index (χ4n) is 4.97. The van der Waals surface area contributed by atoms with Crippen LogP contribution < -0.4 is 10.6 Å². The number of phenols is 1. The summed E-state index contributed by atoms with van der Waals surface area (Å²) in [5.74, 6) is 0.799. The molecule has 7 nitrogen and oxygen atoms in total. The summed E-state index contributed by atoms with van der Waals surface area (Å²) < 4.78 is 7.85. The highest BCUT2D eigenvalue weighted by Crippen LogP contribution is 2.44. The first-order valence-corrected chi connectivity index (χ1v) is 11.2. The summed E-state index contributed by atoms with van der Waals surface area (Å²) in [4.78, 5) is 11.8. The summed E-state index contributed by atoms with van der Waals surface area (Å²) in [5.41, 5.74) is 9.57. The van der Waals surface area contributed by atoms with Crippen molar-refractivity contribution in [3.63, 3.8) is 0 Å². The number of aromatic hydroxyl groups is 1. The number of nitrogens with zero attached hydrogens (tertiary/aromatic N) is 4. The Bertz CT molecular complexity index is 1170. The first-order chi connectivity index (χ1) is 14.8. The minimum absolute atomic E-state index is 0. The van der Waals surface area contributed by atoms with Crippen molar-refractivity contribution in [3.05, 3.63) is 40.3 Å². The quantitative estimate of drug-likeness (QED) is 0.515. The monoisotopic (exact) mass is 529 g/mol. The molecule has 2 aliphatic rings. The highest BCUT2D eigenvalue weighted by Gasteiger charge is 2.47. The molecule has 0 saturated carbocycles. The number of halogens is 2. The minimum atomic E-state index is -0.0531. The Morgan fingerprint density at radius 3 is 2.52 bits per heavy atom. The summed E-state index contributed by atoms with van der Waals surface area (Å²) in [6.07, 6.45) is 5.71. The van der Waals surface area contributed by atoms with Crippen molar-refractivity contribution >= 4 is 61.8 Å². The van der Waals surface area contributed by atoms with Gasteiger partial charge in [0, 0.05) is 48.1 Å². The lowest BCUT2D eigenvalue weighted by molar-refractivity contribution is 0.0973. The van der Waals surface area contributed by atoms with E-state index in [4.69, 9.17) is 38.7 Å². The van der Waals surface area contributed by atoms with E-state index in [9.17, 15) is 5.11 Å². The van der Waals surface area contributed by atoms with Gasteiger partial charge in [-0.05, 0) is 38.8 Å². The molecule has 3 aromatic rings. The van der Waals surface area contributed by atoms with Crippen LogP contribution in [0.4, 0.5) is 5.95 Å². The van der Waals surface area contributed by atoms with Crippen molar-refractivity contribution in [1.82, 2.24) is 14.4 Å². The summed E-state index contributed by atoms with van der Waals surface area (Å²) >= 11 is 12.7. The second-order valence-corrected chi connectivity index (χ2v) is 9.40. The van der Waals surface area contributed by atoms with E-state index in [1.807, 2.05) is 17.5 Å². The Kier molecular flexibility index (Phi) is 7.73. The molecule has 5 rings (SSSR count). The van der Waals surface area contributed by atoms with Gasteiger partial charge in [0.05, 0.1) is 23.4 Å². The second-order valence-electron chi connectivity index (χ2n) is 8.64. The number of piperidine rings is 1. The molecular formula is C22H29Cl2N5O2S2. The van der Waals surface area contributed by atoms with Gasteiger partial charge in [-0.3, -0.25) is 4.40 Å². The Morgan fingerprint density at radius 2 is 1.88 bits per heavy atom. The Labute approximate surface area is 217 Å². The molecule has 0 aliphatic carbocycles. The molecule has 11 heteroatoms. The first kappa shape index (κ1) is 26.2. The summed E-state index contributed by atoms with van der Waals surface area (Å²) in [6, 6.07) is 3.35. The third kappa shape index (κ3) is 4.17. The van der Waals surface area contributed by atoms with Crippen molar-refractivity contribution in [2.24, 2.45) is 11.1 Å². The van der Waals surface area contributed by atoms with E-state index in [0.717, 1.165) is 55.4 Å². The van der Waals surface area contributed by atoms with Crippen molar-refractivity contribution in [1.29, 1.82) is 0 Å². The molecule has 2 saturated heterocycles. The SMILES string of the molecule is Cc1nc(N2CCC3(CC2)CO[C@@H](C)[C@H]3N)n2ccnc2c1-c1ccc(O)c(Cl)c1Cl.S.S. The first-order valence-electron chi connectivity index (χ1n) is 10.5. The van der Waals surface area contributed by atoms with Gasteiger partial charge < -0.3 is 20.5 Å². The molecule has 1 spiro atoms. The molecule has 0 radical (unpaired) electrons. The third-order valence-electron chi connectivity index (χ3n) is 6.93. The van der Waals surface area contributed by atoms with Gasteiger partial charge in [-0.2, -0.15) is 27.0 Å². The van der Waals surface area contributed by atoms with E-state index >= 15 is 0 Å². The average molecular weight is 531 g/mol. The van der Waals surface area contributed by atoms with Crippen LogP contribution in [0.25, 0.3) is 16.8 Å². The number of aryl methyl sites for hydroxylation is 1. The highest BCUT2D eigenvalue weighted by molar-refractivity contribution is 7.59. The number of hydrogen-bond donors (Lipinski definition) is 2. The zero-order chi connectivity index (χ0) is 21.9. The number of fused-ring (bicyclic) bond motifs is 1. The third-order valence-corrected chi connectivity index (χ3v) is 7.80. The van der Waals surface area contributed by atoms with Crippen molar-refractivity contribution < 1.29 is 9.84 Å². The minimum Gasteiger partial charge on any atom is -0.506 e. The van der Waals surface area contributed by atoms with Crippen molar-refractivity contribution in [2.45, 2.75) is 38.8 Å². The summed E-state index contributed by atoms with van der Waals surface area (Å²) in [5, 5.41) is 10.3. The van der Waals surface area contributed by atoms with Crippen LogP contribution >= 0.6 is 50.2 Å². The van der Waals surface area contributed by atoms with Gasteiger partial charge in [0.1, 0.15) is 16.4 Å². The standard InChI is InChI=1S/C22H25Cl2N5O2.2H2S/c1-12-16(14-3-4-15(30)18(24)17(14)23)20-26-7-10-29(20)21(27-12)28-8-5-22(6-9-28)11-31-13(2)19(22)25;;/h3-4,7,10,13,19,30H,5-6,8-9,11,25H2,1-2H3;2*1H2/t13-,19+;;/m0../s1.